The van der Waals surface area contributed by atoms with Gasteiger partial charge < -0.3 is 10.6 Å². The van der Waals surface area contributed by atoms with Crippen molar-refractivity contribution in [3.63, 3.8) is 0 Å². The van der Waals surface area contributed by atoms with E-state index in [1.54, 1.807) is 24.4 Å². The Balaban J connectivity index is 1.72. The zero-order valence-electron chi connectivity index (χ0n) is 13.3. The van der Waals surface area contributed by atoms with Gasteiger partial charge in [-0.1, -0.05) is 13.8 Å². The SMILES string of the molecule is CC(C)Cc1cc(C(=O)NCCNC(=O)c2cccnc2)n[nH]1. The molecule has 0 saturated heterocycles. The highest BCUT2D eigenvalue weighted by Crippen LogP contribution is 2.06. The molecule has 7 heteroatoms. The Morgan fingerprint density at radius 1 is 1.22 bits per heavy atom. The highest BCUT2D eigenvalue weighted by Gasteiger charge is 2.11. The van der Waals surface area contributed by atoms with Crippen molar-refractivity contribution in [2.45, 2.75) is 20.3 Å². The summed E-state index contributed by atoms with van der Waals surface area (Å²) >= 11 is 0. The minimum absolute atomic E-state index is 0.216. The lowest BCUT2D eigenvalue weighted by Gasteiger charge is -2.05. The number of hydrogen-bond donors (Lipinski definition) is 3. The van der Waals surface area contributed by atoms with E-state index in [4.69, 9.17) is 0 Å². The van der Waals surface area contributed by atoms with Crippen molar-refractivity contribution in [3.8, 4) is 0 Å². The van der Waals surface area contributed by atoms with E-state index in [2.05, 4.69) is 39.7 Å². The van der Waals surface area contributed by atoms with E-state index >= 15 is 0 Å². The van der Waals surface area contributed by atoms with Gasteiger partial charge in [-0.3, -0.25) is 19.7 Å². The first-order valence-corrected chi connectivity index (χ1v) is 7.57. The number of H-pyrrole nitrogens is 1. The van der Waals surface area contributed by atoms with Crippen LogP contribution in [0.1, 0.15) is 40.4 Å². The average Bonchev–Trinajstić information content (AvgIpc) is 2.99. The molecule has 0 radical (unpaired) electrons. The summed E-state index contributed by atoms with van der Waals surface area (Å²) in [5.41, 5.74) is 1.79. The Morgan fingerprint density at radius 3 is 2.61 bits per heavy atom. The minimum Gasteiger partial charge on any atom is -0.350 e. The zero-order chi connectivity index (χ0) is 16.7. The van der Waals surface area contributed by atoms with Crippen LogP contribution < -0.4 is 10.6 Å². The van der Waals surface area contributed by atoms with E-state index in [1.165, 1.54) is 6.20 Å². The maximum atomic E-state index is 11.9. The third-order valence-electron chi connectivity index (χ3n) is 3.11. The maximum Gasteiger partial charge on any atom is 0.271 e. The van der Waals surface area contributed by atoms with E-state index in [1.807, 2.05) is 0 Å². The van der Waals surface area contributed by atoms with Crippen molar-refractivity contribution < 1.29 is 9.59 Å². The van der Waals surface area contributed by atoms with Crippen LogP contribution in [-0.4, -0.2) is 40.1 Å². The van der Waals surface area contributed by atoms with Gasteiger partial charge in [0.1, 0.15) is 5.69 Å². The molecule has 0 aromatic carbocycles. The van der Waals surface area contributed by atoms with Crippen LogP contribution in [0.5, 0.6) is 0 Å². The van der Waals surface area contributed by atoms with Crippen LogP contribution >= 0.6 is 0 Å². The van der Waals surface area contributed by atoms with Crippen molar-refractivity contribution in [1.29, 1.82) is 0 Å². The largest absolute Gasteiger partial charge is 0.350 e. The third kappa shape index (κ3) is 5.21. The first-order chi connectivity index (χ1) is 11.1. The quantitative estimate of drug-likeness (QED) is 0.668. The molecule has 0 unspecified atom stereocenters. The van der Waals surface area contributed by atoms with Gasteiger partial charge in [-0.25, -0.2) is 0 Å². The molecule has 122 valence electrons. The fourth-order valence-electron chi connectivity index (χ4n) is 2.06. The van der Waals surface area contributed by atoms with E-state index in [0.29, 0.717) is 30.3 Å². The van der Waals surface area contributed by atoms with Gasteiger partial charge in [0.05, 0.1) is 5.56 Å². The average molecular weight is 315 g/mol. The zero-order valence-corrected chi connectivity index (χ0v) is 13.3. The molecule has 0 bridgehead atoms. The molecule has 23 heavy (non-hydrogen) atoms. The lowest BCUT2D eigenvalue weighted by molar-refractivity contribution is 0.0925. The maximum absolute atomic E-state index is 11.9. The highest BCUT2D eigenvalue weighted by atomic mass is 16.2. The summed E-state index contributed by atoms with van der Waals surface area (Å²) in [5, 5.41) is 12.3. The monoisotopic (exact) mass is 315 g/mol. The van der Waals surface area contributed by atoms with Gasteiger partial charge in [0.15, 0.2) is 0 Å². The number of rotatable bonds is 7. The normalized spacial score (nSPS) is 10.6. The standard InChI is InChI=1S/C16H21N5O2/c1-11(2)8-13-9-14(21-20-13)16(23)19-7-6-18-15(22)12-4-3-5-17-10-12/h3-5,9-11H,6-8H2,1-2H3,(H,18,22)(H,19,23)(H,20,21). The van der Waals surface area contributed by atoms with Gasteiger partial charge in [-0.05, 0) is 30.5 Å². The molecule has 7 nitrogen and oxygen atoms in total. The summed E-state index contributed by atoms with van der Waals surface area (Å²) in [6.45, 7) is 4.87. The first kappa shape index (κ1) is 16.7. The molecule has 2 rings (SSSR count). The highest BCUT2D eigenvalue weighted by molar-refractivity contribution is 5.94. The van der Waals surface area contributed by atoms with Gasteiger partial charge in [-0.2, -0.15) is 5.10 Å². The van der Waals surface area contributed by atoms with Gasteiger partial charge in [0.2, 0.25) is 0 Å². The topological polar surface area (TPSA) is 99.8 Å². The molecule has 0 fully saturated rings. The fraction of sp³-hybridized carbons (Fsp3) is 0.375. The summed E-state index contributed by atoms with van der Waals surface area (Å²) in [6, 6.07) is 5.13. The molecule has 0 aliphatic heterocycles. The minimum atomic E-state index is -0.258. The van der Waals surface area contributed by atoms with Crippen LogP contribution in [0.25, 0.3) is 0 Å². The number of nitrogens with one attached hydrogen (secondary N) is 3. The van der Waals surface area contributed by atoms with Crippen LogP contribution in [0.4, 0.5) is 0 Å². The summed E-state index contributed by atoms with van der Waals surface area (Å²) in [7, 11) is 0. The summed E-state index contributed by atoms with van der Waals surface area (Å²) in [4.78, 5) is 27.6. The van der Waals surface area contributed by atoms with Crippen molar-refractivity contribution in [1.82, 2.24) is 25.8 Å². The van der Waals surface area contributed by atoms with Gasteiger partial charge >= 0.3 is 0 Å². The third-order valence-corrected chi connectivity index (χ3v) is 3.11. The van der Waals surface area contributed by atoms with Crippen LogP contribution in [-0.2, 0) is 6.42 Å². The van der Waals surface area contributed by atoms with E-state index in [-0.39, 0.29) is 11.8 Å². The summed E-state index contributed by atoms with van der Waals surface area (Å²) < 4.78 is 0. The lowest BCUT2D eigenvalue weighted by atomic mass is 10.1. The predicted octanol–water partition coefficient (Wildman–Crippen LogP) is 1.16. The molecular formula is C16H21N5O2. The smallest absolute Gasteiger partial charge is 0.271 e. The Hall–Kier alpha value is -2.70. The Kier molecular flexibility index (Phi) is 5.85. The Labute approximate surface area is 134 Å². The van der Waals surface area contributed by atoms with Crippen molar-refractivity contribution in [3.05, 3.63) is 47.5 Å². The second kappa shape index (κ2) is 8.07. The van der Waals surface area contributed by atoms with Crippen LogP contribution in [0.2, 0.25) is 0 Å². The number of carbonyl (C=O) groups excluding carboxylic acids is 2. The number of pyridine rings is 1. The van der Waals surface area contributed by atoms with Crippen LogP contribution in [0, 0.1) is 5.92 Å². The number of carbonyl (C=O) groups is 2. The fourth-order valence-corrected chi connectivity index (χ4v) is 2.06. The molecule has 0 aliphatic carbocycles. The number of amides is 2. The molecule has 2 heterocycles. The second-order valence-electron chi connectivity index (χ2n) is 5.63. The number of hydrogen-bond acceptors (Lipinski definition) is 4. The molecule has 0 aliphatic rings. The molecule has 2 aromatic heterocycles. The molecular weight excluding hydrogens is 294 g/mol. The van der Waals surface area contributed by atoms with Crippen molar-refractivity contribution in [2.24, 2.45) is 5.92 Å². The lowest BCUT2D eigenvalue weighted by Crippen LogP contribution is -2.34. The van der Waals surface area contributed by atoms with Crippen molar-refractivity contribution >= 4 is 11.8 Å². The Morgan fingerprint density at radius 2 is 1.96 bits per heavy atom. The molecule has 3 N–H and O–H groups in total. The van der Waals surface area contributed by atoms with E-state index in [0.717, 1.165) is 12.1 Å². The Bertz CT molecular complexity index is 652. The number of aromatic nitrogens is 3. The molecule has 0 saturated carbocycles. The molecule has 0 atom stereocenters. The molecule has 2 aromatic rings. The van der Waals surface area contributed by atoms with Crippen molar-refractivity contribution in [2.75, 3.05) is 13.1 Å². The van der Waals surface area contributed by atoms with Crippen LogP contribution in [0.3, 0.4) is 0 Å². The summed E-state index contributed by atoms with van der Waals surface area (Å²) in [5.74, 6) is 0.0206. The molecule has 0 spiro atoms. The van der Waals surface area contributed by atoms with Gasteiger partial charge in [-0.15, -0.1) is 0 Å². The first-order valence-electron chi connectivity index (χ1n) is 7.57. The summed E-state index contributed by atoms with van der Waals surface area (Å²) in [6.07, 6.45) is 3.95. The van der Waals surface area contributed by atoms with Crippen LogP contribution in [0.15, 0.2) is 30.6 Å². The van der Waals surface area contributed by atoms with Gasteiger partial charge in [0.25, 0.3) is 11.8 Å². The van der Waals surface area contributed by atoms with E-state index < -0.39 is 0 Å². The predicted molar refractivity (Wildman–Crippen MR) is 86.0 cm³/mol. The molecule has 2 amide bonds. The van der Waals surface area contributed by atoms with E-state index in [9.17, 15) is 9.59 Å². The number of aromatic amines is 1. The van der Waals surface area contributed by atoms with Gasteiger partial charge in [0, 0.05) is 31.2 Å². The second-order valence-corrected chi connectivity index (χ2v) is 5.63. The number of nitrogens with zero attached hydrogens (tertiary/aromatic N) is 2.